The molecule has 2 rings (SSSR count). The standard InChI is InChI=1S/C20H25ClN4OS/c1-3-23-19(26)16-6-4-5-15(13-16)14-25-20(22-2)24-11-12-27-18-9-7-17(21)8-10-18/h4-10,13H,3,11-12,14H2,1-2H3,(H,23,26)(H2,22,24,25). The average Bonchev–Trinajstić information content (AvgIpc) is 2.69. The van der Waals surface area contributed by atoms with Gasteiger partial charge in [0.2, 0.25) is 0 Å². The van der Waals surface area contributed by atoms with Gasteiger partial charge in [0.1, 0.15) is 0 Å². The third-order valence-corrected chi connectivity index (χ3v) is 4.95. The smallest absolute Gasteiger partial charge is 0.251 e. The van der Waals surface area contributed by atoms with E-state index < -0.39 is 0 Å². The van der Waals surface area contributed by atoms with Crippen molar-refractivity contribution in [1.82, 2.24) is 16.0 Å². The molecule has 0 fully saturated rings. The summed E-state index contributed by atoms with van der Waals surface area (Å²) in [7, 11) is 1.74. The Hall–Kier alpha value is -2.18. The van der Waals surface area contributed by atoms with Gasteiger partial charge in [-0.1, -0.05) is 23.7 Å². The minimum atomic E-state index is -0.0546. The summed E-state index contributed by atoms with van der Waals surface area (Å²) in [6.45, 7) is 3.90. The predicted octanol–water partition coefficient (Wildman–Crippen LogP) is 3.55. The van der Waals surface area contributed by atoms with Crippen LogP contribution in [-0.4, -0.2) is 37.8 Å². The molecule has 1 amide bonds. The van der Waals surface area contributed by atoms with Crippen molar-refractivity contribution in [3.8, 4) is 0 Å². The summed E-state index contributed by atoms with van der Waals surface area (Å²) in [5.41, 5.74) is 1.69. The Morgan fingerprint density at radius 2 is 1.89 bits per heavy atom. The van der Waals surface area contributed by atoms with E-state index in [1.165, 1.54) is 4.90 Å². The molecular formula is C20H25ClN4OS. The summed E-state index contributed by atoms with van der Waals surface area (Å²) in [5, 5.41) is 10.1. The lowest BCUT2D eigenvalue weighted by Crippen LogP contribution is -2.38. The van der Waals surface area contributed by atoms with Crippen molar-refractivity contribution in [2.75, 3.05) is 25.9 Å². The van der Waals surface area contributed by atoms with Gasteiger partial charge in [0, 0.05) is 47.9 Å². The highest BCUT2D eigenvalue weighted by Gasteiger charge is 2.05. The van der Waals surface area contributed by atoms with Crippen molar-refractivity contribution in [1.29, 1.82) is 0 Å². The lowest BCUT2D eigenvalue weighted by molar-refractivity contribution is 0.0955. The molecule has 0 aromatic heterocycles. The number of aliphatic imine (C=N–C) groups is 1. The van der Waals surface area contributed by atoms with Gasteiger partial charge in [-0.15, -0.1) is 11.8 Å². The van der Waals surface area contributed by atoms with Gasteiger partial charge in [0.05, 0.1) is 0 Å². The monoisotopic (exact) mass is 404 g/mol. The summed E-state index contributed by atoms with van der Waals surface area (Å²) < 4.78 is 0. The molecule has 0 radical (unpaired) electrons. The second-order valence-corrected chi connectivity index (χ2v) is 7.32. The number of amides is 1. The maximum absolute atomic E-state index is 11.9. The molecule has 0 unspecified atom stereocenters. The number of guanidine groups is 1. The van der Waals surface area contributed by atoms with Crippen LogP contribution in [0.15, 0.2) is 58.4 Å². The Balaban J connectivity index is 1.76. The van der Waals surface area contributed by atoms with E-state index in [2.05, 4.69) is 20.9 Å². The zero-order valence-electron chi connectivity index (χ0n) is 15.6. The highest BCUT2D eigenvalue weighted by Crippen LogP contribution is 2.19. The molecule has 144 valence electrons. The van der Waals surface area contributed by atoms with E-state index in [1.807, 2.05) is 55.5 Å². The second kappa shape index (κ2) is 11.5. The van der Waals surface area contributed by atoms with Crippen LogP contribution in [0.3, 0.4) is 0 Å². The van der Waals surface area contributed by atoms with Crippen LogP contribution < -0.4 is 16.0 Å². The summed E-state index contributed by atoms with van der Waals surface area (Å²) >= 11 is 7.65. The summed E-state index contributed by atoms with van der Waals surface area (Å²) in [6.07, 6.45) is 0. The summed E-state index contributed by atoms with van der Waals surface area (Å²) in [6, 6.07) is 15.4. The van der Waals surface area contributed by atoms with E-state index in [9.17, 15) is 4.79 Å². The van der Waals surface area contributed by atoms with Gasteiger partial charge in [-0.2, -0.15) is 0 Å². The third-order valence-electron chi connectivity index (χ3n) is 3.69. The highest BCUT2D eigenvalue weighted by molar-refractivity contribution is 7.99. The molecule has 3 N–H and O–H groups in total. The molecule has 27 heavy (non-hydrogen) atoms. The van der Waals surface area contributed by atoms with Crippen LogP contribution in [0.1, 0.15) is 22.8 Å². The van der Waals surface area contributed by atoms with Gasteiger partial charge in [-0.05, 0) is 48.9 Å². The fourth-order valence-electron chi connectivity index (χ4n) is 2.36. The molecule has 0 aliphatic heterocycles. The Morgan fingerprint density at radius 1 is 1.11 bits per heavy atom. The van der Waals surface area contributed by atoms with E-state index in [4.69, 9.17) is 11.6 Å². The molecule has 5 nitrogen and oxygen atoms in total. The van der Waals surface area contributed by atoms with Crippen molar-refractivity contribution >= 4 is 35.2 Å². The number of benzene rings is 2. The van der Waals surface area contributed by atoms with Gasteiger partial charge < -0.3 is 16.0 Å². The van der Waals surface area contributed by atoms with E-state index in [0.29, 0.717) is 18.7 Å². The largest absolute Gasteiger partial charge is 0.356 e. The average molecular weight is 405 g/mol. The molecule has 7 heteroatoms. The maximum Gasteiger partial charge on any atom is 0.251 e. The lowest BCUT2D eigenvalue weighted by atomic mass is 10.1. The summed E-state index contributed by atoms with van der Waals surface area (Å²) in [4.78, 5) is 17.3. The number of carbonyl (C=O) groups is 1. The maximum atomic E-state index is 11.9. The molecule has 0 aliphatic carbocycles. The number of carbonyl (C=O) groups excluding carboxylic acids is 1. The number of nitrogens with one attached hydrogen (secondary N) is 3. The van der Waals surface area contributed by atoms with Crippen molar-refractivity contribution in [3.63, 3.8) is 0 Å². The third kappa shape index (κ3) is 7.53. The fraction of sp³-hybridized carbons (Fsp3) is 0.300. The van der Waals surface area contributed by atoms with Crippen LogP contribution in [0.25, 0.3) is 0 Å². The van der Waals surface area contributed by atoms with Crippen LogP contribution in [0, 0.1) is 0 Å². The second-order valence-electron chi connectivity index (χ2n) is 5.71. The molecule has 2 aromatic rings. The number of halogens is 1. The first-order valence-corrected chi connectivity index (χ1v) is 10.2. The van der Waals surface area contributed by atoms with E-state index in [0.717, 1.165) is 28.8 Å². The fourth-order valence-corrected chi connectivity index (χ4v) is 3.26. The molecule has 0 bridgehead atoms. The van der Waals surface area contributed by atoms with Crippen molar-refractivity contribution < 1.29 is 4.79 Å². The molecule has 0 aliphatic rings. The molecule has 0 saturated heterocycles. The quantitative estimate of drug-likeness (QED) is 0.272. The van der Waals surface area contributed by atoms with Crippen LogP contribution in [-0.2, 0) is 6.54 Å². The molecule has 2 aromatic carbocycles. The number of hydrogen-bond acceptors (Lipinski definition) is 3. The van der Waals surface area contributed by atoms with E-state index in [-0.39, 0.29) is 5.91 Å². The first kappa shape index (κ1) is 21.1. The molecular weight excluding hydrogens is 380 g/mol. The van der Waals surface area contributed by atoms with Gasteiger partial charge in [-0.3, -0.25) is 9.79 Å². The minimum absolute atomic E-state index is 0.0546. The number of thioether (sulfide) groups is 1. The van der Waals surface area contributed by atoms with Gasteiger partial charge >= 0.3 is 0 Å². The first-order valence-electron chi connectivity index (χ1n) is 8.82. The first-order chi connectivity index (χ1) is 13.1. The zero-order chi connectivity index (χ0) is 19.5. The molecule has 0 saturated carbocycles. The summed E-state index contributed by atoms with van der Waals surface area (Å²) in [5.74, 6) is 1.59. The normalized spacial score (nSPS) is 11.1. The van der Waals surface area contributed by atoms with Crippen LogP contribution in [0.2, 0.25) is 5.02 Å². The van der Waals surface area contributed by atoms with Crippen LogP contribution in [0.4, 0.5) is 0 Å². The van der Waals surface area contributed by atoms with Crippen LogP contribution in [0.5, 0.6) is 0 Å². The number of hydrogen-bond donors (Lipinski definition) is 3. The Labute approximate surface area is 170 Å². The molecule has 0 heterocycles. The van der Waals surface area contributed by atoms with Gasteiger partial charge in [0.25, 0.3) is 5.91 Å². The number of rotatable bonds is 8. The molecule has 0 atom stereocenters. The zero-order valence-corrected chi connectivity index (χ0v) is 17.2. The molecule has 0 spiro atoms. The minimum Gasteiger partial charge on any atom is -0.356 e. The predicted molar refractivity (Wildman–Crippen MR) is 115 cm³/mol. The van der Waals surface area contributed by atoms with Crippen LogP contribution >= 0.6 is 23.4 Å². The van der Waals surface area contributed by atoms with Crippen molar-refractivity contribution in [2.24, 2.45) is 4.99 Å². The van der Waals surface area contributed by atoms with E-state index >= 15 is 0 Å². The number of nitrogens with zero attached hydrogens (tertiary/aromatic N) is 1. The Kier molecular flexibility index (Phi) is 9.01. The Bertz CT molecular complexity index is 765. The van der Waals surface area contributed by atoms with Gasteiger partial charge in [-0.25, -0.2) is 0 Å². The highest BCUT2D eigenvalue weighted by atomic mass is 35.5. The Morgan fingerprint density at radius 3 is 2.59 bits per heavy atom. The van der Waals surface area contributed by atoms with Gasteiger partial charge in [0.15, 0.2) is 5.96 Å². The van der Waals surface area contributed by atoms with Crippen molar-refractivity contribution in [2.45, 2.75) is 18.4 Å². The van der Waals surface area contributed by atoms with E-state index in [1.54, 1.807) is 18.8 Å². The lowest BCUT2D eigenvalue weighted by Gasteiger charge is -2.12. The topological polar surface area (TPSA) is 65.5 Å². The SMILES string of the molecule is CCNC(=O)c1cccc(CNC(=NC)NCCSc2ccc(Cl)cc2)c1. The van der Waals surface area contributed by atoms with Crippen molar-refractivity contribution in [3.05, 3.63) is 64.7 Å².